The Labute approximate surface area is 479 Å². The van der Waals surface area contributed by atoms with E-state index >= 15 is 17.6 Å². The van der Waals surface area contributed by atoms with Gasteiger partial charge >= 0.3 is 0 Å². The summed E-state index contributed by atoms with van der Waals surface area (Å²) in [5.74, 6) is -2.77. The maximum Gasteiger partial charge on any atom is 0.126 e. The zero-order valence-electron chi connectivity index (χ0n) is 59.1. The van der Waals surface area contributed by atoms with Crippen molar-refractivity contribution in [3.8, 4) is 66.8 Å². The number of benzene rings is 15. The molecule has 0 aliphatic heterocycles. The molecule has 0 saturated carbocycles. The van der Waals surface area contributed by atoms with Crippen LogP contribution in [0.3, 0.4) is 0 Å². The fourth-order valence-corrected chi connectivity index (χ4v) is 15.3. The molecule has 4 heteroatoms. The molecule has 0 nitrogen and oxygen atoms in total. The minimum Gasteiger partial charge on any atom is -0.207 e. The van der Waals surface area contributed by atoms with Crippen LogP contribution in [0.4, 0.5) is 17.6 Å². The maximum absolute atomic E-state index is 15.5. The van der Waals surface area contributed by atoms with Crippen LogP contribution in [-0.4, -0.2) is 0 Å². The van der Waals surface area contributed by atoms with Gasteiger partial charge in [0, 0.05) is 35.9 Å². The Hall–Kier alpha value is -9.90. The number of rotatable bonds is 4. The number of aryl methyl sites for hydroxylation is 2. The minimum atomic E-state index is -0.692. The van der Waals surface area contributed by atoms with E-state index in [0.29, 0.717) is 22.3 Å². The normalized spacial score (nSPS) is 13.4. The van der Waals surface area contributed by atoms with E-state index in [4.69, 9.17) is 23.8 Å². The second-order valence-corrected chi connectivity index (χ2v) is 22.3. The first-order chi connectivity index (χ1) is 47.2. The van der Waals surface area contributed by atoms with Gasteiger partial charge in [0.05, 0.1) is 0 Å². The largest absolute Gasteiger partial charge is 0.207 e. The minimum absolute atomic E-state index is 0.381. The van der Waals surface area contributed by atoms with Crippen molar-refractivity contribution in [1.29, 1.82) is 0 Å². The molecule has 0 unspecified atom stereocenters. The second-order valence-electron chi connectivity index (χ2n) is 22.3. The summed E-state index contributed by atoms with van der Waals surface area (Å²) in [6, 6.07) is 69.1. The molecule has 0 bridgehead atoms. The van der Waals surface area contributed by atoms with Gasteiger partial charge in [0.1, 0.15) is 23.3 Å². The van der Waals surface area contributed by atoms with Crippen molar-refractivity contribution >= 4 is 118 Å². The van der Waals surface area contributed by atoms with Crippen molar-refractivity contribution in [3.05, 3.63) is 241 Å². The highest BCUT2D eigenvalue weighted by Crippen LogP contribution is 2.61. The average Bonchev–Trinajstić information content (AvgIpc) is 1.49. The van der Waals surface area contributed by atoms with E-state index < -0.39 is 23.3 Å². The smallest absolute Gasteiger partial charge is 0.126 e. The van der Waals surface area contributed by atoms with Crippen LogP contribution < -0.4 is 0 Å². The molecular formula is C76H56F4. The van der Waals surface area contributed by atoms with E-state index in [1.807, 2.05) is 24.3 Å². The van der Waals surface area contributed by atoms with E-state index in [1.165, 1.54) is 133 Å². The Morgan fingerprint density at radius 2 is 0.600 bits per heavy atom. The molecule has 18 rings (SSSR count). The molecule has 80 heavy (non-hydrogen) atoms. The zero-order valence-corrected chi connectivity index (χ0v) is 43.1. The van der Waals surface area contributed by atoms with Crippen LogP contribution >= 0.6 is 0 Å². The number of fused-ring (bicyclic) bond motifs is 13. The third kappa shape index (κ3) is 5.55. The topological polar surface area (TPSA) is 0 Å². The van der Waals surface area contributed by atoms with Gasteiger partial charge in [-0.2, -0.15) is 0 Å². The number of hydrogen-bond donors (Lipinski definition) is 0. The van der Waals surface area contributed by atoms with Crippen LogP contribution in [-0.2, 0) is 0 Å². The molecule has 0 radical (unpaired) electrons. The molecule has 0 aromatic heterocycles. The van der Waals surface area contributed by atoms with Crippen molar-refractivity contribution in [2.24, 2.45) is 0 Å². The van der Waals surface area contributed by atoms with Crippen molar-refractivity contribution < 1.29 is 41.3 Å². The van der Waals surface area contributed by atoms with Gasteiger partial charge in [-0.1, -0.05) is 158 Å². The fourth-order valence-electron chi connectivity index (χ4n) is 15.3. The quantitative estimate of drug-likeness (QED) is 0.0936. The molecule has 0 atom stereocenters. The second kappa shape index (κ2) is 15.4. The van der Waals surface area contributed by atoms with Gasteiger partial charge in [-0.15, -0.1) is 0 Å². The van der Waals surface area contributed by atoms with Crippen molar-refractivity contribution in [2.45, 2.75) is 13.8 Å². The van der Waals surface area contributed by atoms with E-state index in [9.17, 15) is 0 Å². The van der Waals surface area contributed by atoms with Gasteiger partial charge in [-0.05, 0) is 247 Å². The molecule has 17 aromatic carbocycles. The highest BCUT2D eigenvalue weighted by molar-refractivity contribution is 6.48. The molecule has 0 heterocycles. The van der Waals surface area contributed by atoms with Crippen molar-refractivity contribution in [1.82, 2.24) is 0 Å². The molecule has 1 aliphatic carbocycles. The number of hydrogen-bond acceptors (Lipinski definition) is 0. The highest BCUT2D eigenvalue weighted by Gasteiger charge is 2.34. The molecular weight excluding hydrogens is 989 g/mol. The van der Waals surface area contributed by atoms with Gasteiger partial charge in [0.15, 0.2) is 0 Å². The van der Waals surface area contributed by atoms with Crippen molar-refractivity contribution in [2.75, 3.05) is 0 Å². The van der Waals surface area contributed by atoms with E-state index in [-0.39, 0.29) is 0 Å². The predicted molar refractivity (Wildman–Crippen MR) is 345 cm³/mol. The van der Waals surface area contributed by atoms with Crippen LogP contribution in [0.25, 0.3) is 185 Å². The van der Waals surface area contributed by atoms with Crippen LogP contribution in [0.5, 0.6) is 0 Å². The first kappa shape index (κ1) is 37.0. The molecule has 0 fully saturated rings. The lowest BCUT2D eigenvalue weighted by Gasteiger charge is -2.20. The lowest BCUT2D eigenvalue weighted by Crippen LogP contribution is -1.95. The van der Waals surface area contributed by atoms with Crippen LogP contribution in [0, 0.1) is 37.1 Å². The van der Waals surface area contributed by atoms with E-state index in [0.717, 1.165) is 77.5 Å². The maximum atomic E-state index is 15.5. The summed E-state index contributed by atoms with van der Waals surface area (Å²) >= 11 is 0. The van der Waals surface area contributed by atoms with Crippen LogP contribution in [0.2, 0.25) is 0 Å². The lowest BCUT2D eigenvalue weighted by atomic mass is 9.82. The Morgan fingerprint density at radius 1 is 0.237 bits per heavy atom. The average molecular weight is 1060 g/mol. The fraction of sp³-hybridized carbons (Fsp3) is 0.0263. The summed E-state index contributed by atoms with van der Waals surface area (Å²) in [5.41, 5.74) is 12.7. The highest BCUT2D eigenvalue weighted by atomic mass is 19.1. The molecule has 0 N–H and O–H groups in total. The Kier molecular flexibility index (Phi) is 7.14. The molecule has 0 spiro atoms. The number of halogens is 4. The van der Waals surface area contributed by atoms with E-state index in [2.05, 4.69) is 159 Å². The molecule has 0 amide bonds. The lowest BCUT2D eigenvalue weighted by molar-refractivity contribution is 0.583. The summed E-state index contributed by atoms with van der Waals surface area (Å²) in [5, 5.41) is 25.2. The van der Waals surface area contributed by atoms with Gasteiger partial charge in [0.2, 0.25) is 0 Å². The summed E-state index contributed by atoms with van der Waals surface area (Å²) in [6.07, 6.45) is 0. The first-order valence-electron chi connectivity index (χ1n) is 35.2. The predicted octanol–water partition coefficient (Wildman–Crippen LogP) is 24.1. The van der Waals surface area contributed by atoms with Gasteiger partial charge < -0.3 is 0 Å². The monoisotopic (exact) mass is 1060 g/mol. The van der Waals surface area contributed by atoms with Crippen molar-refractivity contribution in [3.63, 3.8) is 0 Å². The molecule has 388 valence electrons. The third-order valence-corrected chi connectivity index (χ3v) is 18.3. The molecule has 0 saturated heterocycles. The SMILES string of the molecule is Cc1ccccc1-c1c2cc3c(cc2c(-c2ccccc2C)c2c4ccc5c6ccc7c8c(ccc(c9ccc(c12)c4c95)c86)-c1c-7c(-c2cc(F)cc(F)c2)c2ccccc2c1-c1cc(F)cc(F)c1)c1cccc2cccc3c21.[2H][2H].[2H][2H].[2H][2H].[2H][2H].[2H][2H].[2H][2H].[2H][2H].[2H][2H]. The summed E-state index contributed by atoms with van der Waals surface area (Å²) in [6.45, 7) is 4.46. The van der Waals surface area contributed by atoms with Crippen LogP contribution in [0.1, 0.15) is 34.9 Å². The zero-order chi connectivity index (χ0) is 69.1. The molecule has 1 aliphatic rings. The molecule has 17 aromatic rings. The Morgan fingerprint density at radius 3 is 1.05 bits per heavy atom. The summed E-state index contributed by atoms with van der Waals surface area (Å²) in [4.78, 5) is 0. The first-order valence-corrected chi connectivity index (χ1v) is 27.2. The Bertz CT molecular complexity index is 5360. The standard InChI is InChI=1S/C76H40F4.8H2/c1-37-11-3-5-15-46(37)67-62-35-60-50-19-9-13-39-14-10-20-51(64(39)50)61(60)36-63(62)68(47-16-6-4-12-38(47)2)76-59-28-24-55-53-22-26-57-71-56(25-21-52(69(53)71)54-23-27-58(75(67)76)72(59)70(54)55)73-65(40-29-42(77)33-43(78)30-40)48-17-7-8-18-49(48)66(74(57)73)41-31-44(79)34-45(80)32-41;;;;;;;;/h3-36H,1-2H3;8*1H/i;8*1+1D. The Balaban J connectivity index is 0.000000587. The van der Waals surface area contributed by atoms with Gasteiger partial charge in [0.25, 0.3) is 0 Å². The summed E-state index contributed by atoms with van der Waals surface area (Å²) in [7, 11) is 0. The third-order valence-electron chi connectivity index (χ3n) is 18.3. The van der Waals surface area contributed by atoms with E-state index in [1.54, 1.807) is 0 Å². The van der Waals surface area contributed by atoms with Gasteiger partial charge in [-0.25, -0.2) is 17.6 Å². The van der Waals surface area contributed by atoms with Crippen LogP contribution in [0.15, 0.2) is 206 Å². The summed E-state index contributed by atoms with van der Waals surface area (Å²) < 4.78 is 142. The van der Waals surface area contributed by atoms with Gasteiger partial charge in [-0.3, -0.25) is 0 Å².